The molecule has 2 aromatic carbocycles. The highest BCUT2D eigenvalue weighted by molar-refractivity contribution is 5.80. The van der Waals surface area contributed by atoms with Crippen LogP contribution in [0.3, 0.4) is 0 Å². The van der Waals surface area contributed by atoms with Gasteiger partial charge in [-0.25, -0.2) is 0 Å². The molecule has 6 nitrogen and oxygen atoms in total. The quantitative estimate of drug-likeness (QED) is 0.646. The molecule has 0 N–H and O–H groups in total. The first-order chi connectivity index (χ1) is 12.6. The van der Waals surface area contributed by atoms with Gasteiger partial charge in [0.1, 0.15) is 11.5 Å². The fourth-order valence-corrected chi connectivity index (χ4v) is 2.19. The molecule has 0 aliphatic carbocycles. The van der Waals surface area contributed by atoms with Gasteiger partial charge in [0.05, 0.1) is 20.1 Å². The summed E-state index contributed by atoms with van der Waals surface area (Å²) in [6.45, 7) is 0.377. The summed E-state index contributed by atoms with van der Waals surface area (Å²) in [5, 5.41) is 0. The number of rotatable bonds is 9. The van der Waals surface area contributed by atoms with E-state index in [9.17, 15) is 9.59 Å². The van der Waals surface area contributed by atoms with Gasteiger partial charge < -0.3 is 19.1 Å². The number of ether oxygens (including phenoxy) is 3. The largest absolute Gasteiger partial charge is 0.497 e. The fraction of sp³-hybridized carbons (Fsp3) is 0.300. The molecule has 2 aromatic rings. The summed E-state index contributed by atoms with van der Waals surface area (Å²) < 4.78 is 15.5. The average molecular weight is 357 g/mol. The van der Waals surface area contributed by atoms with Crippen LogP contribution in [0.25, 0.3) is 0 Å². The number of benzene rings is 2. The summed E-state index contributed by atoms with van der Waals surface area (Å²) in [4.78, 5) is 25.3. The lowest BCUT2D eigenvalue weighted by molar-refractivity contribution is -0.152. The van der Waals surface area contributed by atoms with Gasteiger partial charge in [0, 0.05) is 13.6 Å². The van der Waals surface area contributed by atoms with E-state index in [0.29, 0.717) is 12.3 Å². The molecule has 6 heteroatoms. The molecule has 2 rings (SSSR count). The molecule has 26 heavy (non-hydrogen) atoms. The van der Waals surface area contributed by atoms with Gasteiger partial charge in [0.2, 0.25) is 0 Å². The molecule has 0 aromatic heterocycles. The second kappa shape index (κ2) is 10.1. The average Bonchev–Trinajstić information content (AvgIpc) is 2.67. The van der Waals surface area contributed by atoms with Crippen molar-refractivity contribution in [3.63, 3.8) is 0 Å². The zero-order valence-electron chi connectivity index (χ0n) is 15.0. The smallest absolute Gasteiger partial charge is 0.309 e. The number of nitrogens with zero attached hydrogens (tertiary/aromatic N) is 1. The van der Waals surface area contributed by atoms with Gasteiger partial charge in [-0.15, -0.1) is 0 Å². The summed E-state index contributed by atoms with van der Waals surface area (Å²) in [5.41, 5.74) is 1.02. The Balaban J connectivity index is 1.65. The van der Waals surface area contributed by atoms with Gasteiger partial charge >= 0.3 is 5.97 Å². The van der Waals surface area contributed by atoms with E-state index >= 15 is 0 Å². The van der Waals surface area contributed by atoms with E-state index in [1.807, 2.05) is 30.3 Å². The molecular weight excluding hydrogens is 334 g/mol. The van der Waals surface area contributed by atoms with Crippen LogP contribution in [0.2, 0.25) is 0 Å². The lowest BCUT2D eigenvalue weighted by Crippen LogP contribution is -2.31. The van der Waals surface area contributed by atoms with Crippen LogP contribution in [-0.4, -0.2) is 44.1 Å². The highest BCUT2D eigenvalue weighted by Crippen LogP contribution is 2.17. The van der Waals surface area contributed by atoms with Crippen LogP contribution in [0.4, 0.5) is 0 Å². The third-order valence-electron chi connectivity index (χ3n) is 3.68. The highest BCUT2D eigenvalue weighted by Gasteiger charge is 2.12. The van der Waals surface area contributed by atoms with E-state index in [-0.39, 0.29) is 25.5 Å². The van der Waals surface area contributed by atoms with Crippen LogP contribution >= 0.6 is 0 Å². The van der Waals surface area contributed by atoms with Crippen molar-refractivity contribution in [2.24, 2.45) is 0 Å². The molecule has 138 valence electrons. The lowest BCUT2D eigenvalue weighted by atomic mass is 10.2. The molecule has 0 aliphatic rings. The van der Waals surface area contributed by atoms with E-state index < -0.39 is 5.97 Å². The third kappa shape index (κ3) is 6.47. The molecule has 0 unspecified atom stereocenters. The van der Waals surface area contributed by atoms with Crippen LogP contribution in [0.15, 0.2) is 54.6 Å². The van der Waals surface area contributed by atoms with E-state index in [1.165, 1.54) is 4.90 Å². The second-order valence-electron chi connectivity index (χ2n) is 5.67. The van der Waals surface area contributed by atoms with Crippen molar-refractivity contribution in [1.82, 2.24) is 4.90 Å². The molecule has 0 radical (unpaired) electrons. The molecule has 0 saturated carbocycles. The number of carbonyl (C=O) groups is 2. The highest BCUT2D eigenvalue weighted by atomic mass is 16.5. The second-order valence-corrected chi connectivity index (χ2v) is 5.67. The van der Waals surface area contributed by atoms with Gasteiger partial charge in [-0.2, -0.15) is 0 Å². The summed E-state index contributed by atoms with van der Waals surface area (Å²) in [7, 11) is 3.26. The van der Waals surface area contributed by atoms with Crippen molar-refractivity contribution in [3.05, 3.63) is 60.2 Å². The predicted molar refractivity (Wildman–Crippen MR) is 97.0 cm³/mol. The number of hydrogen-bond acceptors (Lipinski definition) is 5. The van der Waals surface area contributed by atoms with E-state index in [1.54, 1.807) is 38.4 Å². The predicted octanol–water partition coefficient (Wildman–Crippen LogP) is 2.67. The molecular formula is C20H23NO5. The van der Waals surface area contributed by atoms with Crippen molar-refractivity contribution in [1.29, 1.82) is 0 Å². The first kappa shape index (κ1) is 19.3. The van der Waals surface area contributed by atoms with Crippen molar-refractivity contribution < 1.29 is 23.8 Å². The van der Waals surface area contributed by atoms with Gasteiger partial charge in [-0.1, -0.05) is 30.3 Å². The number of esters is 1. The van der Waals surface area contributed by atoms with Gasteiger partial charge in [-0.05, 0) is 29.8 Å². The zero-order valence-corrected chi connectivity index (χ0v) is 15.0. The number of methoxy groups -OCH3 is 1. The molecule has 0 heterocycles. The maximum Gasteiger partial charge on any atom is 0.309 e. The maximum absolute atomic E-state index is 12.0. The summed E-state index contributed by atoms with van der Waals surface area (Å²) in [5.74, 6) is 0.644. The number of hydrogen-bond donors (Lipinski definition) is 0. The van der Waals surface area contributed by atoms with Crippen molar-refractivity contribution in [3.8, 4) is 11.5 Å². The Labute approximate surface area is 153 Å². The van der Waals surface area contributed by atoms with Gasteiger partial charge in [0.15, 0.2) is 6.61 Å². The standard InChI is InChI=1S/C20H23NO5/c1-21(14-16-6-4-3-5-7-16)19(22)15-26-20(23)12-13-25-18-10-8-17(24-2)9-11-18/h3-11H,12-15H2,1-2H3. The minimum atomic E-state index is -0.472. The molecule has 0 bridgehead atoms. The van der Waals surface area contributed by atoms with Gasteiger partial charge in [0.25, 0.3) is 5.91 Å². The van der Waals surface area contributed by atoms with Crippen molar-refractivity contribution >= 4 is 11.9 Å². The number of amides is 1. The Morgan fingerprint density at radius 3 is 2.27 bits per heavy atom. The summed E-state index contributed by atoms with van der Waals surface area (Å²) in [6, 6.07) is 16.7. The van der Waals surface area contributed by atoms with E-state index in [0.717, 1.165) is 11.3 Å². The van der Waals surface area contributed by atoms with Crippen LogP contribution < -0.4 is 9.47 Å². The Hall–Kier alpha value is -3.02. The Morgan fingerprint density at radius 1 is 0.962 bits per heavy atom. The third-order valence-corrected chi connectivity index (χ3v) is 3.68. The minimum Gasteiger partial charge on any atom is -0.497 e. The SMILES string of the molecule is COc1ccc(OCCC(=O)OCC(=O)N(C)Cc2ccccc2)cc1. The topological polar surface area (TPSA) is 65.1 Å². The number of carbonyl (C=O) groups excluding carboxylic acids is 2. The minimum absolute atomic E-state index is 0.0711. The normalized spacial score (nSPS) is 10.1. The molecule has 0 fully saturated rings. The fourth-order valence-electron chi connectivity index (χ4n) is 2.19. The Bertz CT molecular complexity index is 700. The Kier molecular flexibility index (Phi) is 7.49. The first-order valence-electron chi connectivity index (χ1n) is 8.29. The van der Waals surface area contributed by atoms with Crippen molar-refractivity contribution in [2.45, 2.75) is 13.0 Å². The molecule has 1 amide bonds. The number of likely N-dealkylation sites (N-methyl/N-ethyl adjacent to an activating group) is 1. The van der Waals surface area contributed by atoms with Crippen LogP contribution in [0.5, 0.6) is 11.5 Å². The monoisotopic (exact) mass is 357 g/mol. The summed E-state index contributed by atoms with van der Waals surface area (Å²) in [6.07, 6.45) is 0.0711. The Morgan fingerprint density at radius 2 is 1.62 bits per heavy atom. The molecule has 0 aliphatic heterocycles. The lowest BCUT2D eigenvalue weighted by Gasteiger charge is -2.17. The summed E-state index contributed by atoms with van der Waals surface area (Å²) >= 11 is 0. The van der Waals surface area contributed by atoms with E-state index in [2.05, 4.69) is 0 Å². The molecule has 0 saturated heterocycles. The van der Waals surface area contributed by atoms with Crippen molar-refractivity contribution in [2.75, 3.05) is 27.4 Å². The van der Waals surface area contributed by atoms with E-state index in [4.69, 9.17) is 14.2 Å². The zero-order chi connectivity index (χ0) is 18.8. The van der Waals surface area contributed by atoms with Crippen LogP contribution in [0, 0.1) is 0 Å². The first-order valence-corrected chi connectivity index (χ1v) is 8.29. The maximum atomic E-state index is 12.0. The van der Waals surface area contributed by atoms with Crippen LogP contribution in [0.1, 0.15) is 12.0 Å². The van der Waals surface area contributed by atoms with Crippen LogP contribution in [-0.2, 0) is 20.9 Å². The van der Waals surface area contributed by atoms with Gasteiger partial charge in [-0.3, -0.25) is 9.59 Å². The molecule has 0 atom stereocenters. The molecule has 0 spiro atoms.